The molecule has 1 saturated heterocycles. The molecule has 1 heterocycles. The fourth-order valence-electron chi connectivity index (χ4n) is 2.19. The summed E-state index contributed by atoms with van der Waals surface area (Å²) in [4.78, 5) is 12.9. The average Bonchev–Trinajstić information content (AvgIpc) is 2.76. The number of nitrogens with one attached hydrogen (secondary N) is 1. The van der Waals surface area contributed by atoms with Crippen molar-refractivity contribution in [2.24, 2.45) is 5.92 Å². The molecule has 7 heteroatoms. The zero-order chi connectivity index (χ0) is 14.8. The van der Waals surface area contributed by atoms with Gasteiger partial charge in [-0.1, -0.05) is 12.1 Å². The average molecular weight is 293 g/mol. The number of sulfonamides is 1. The SMILES string of the molecule is CN1CC(CNS(=O)(=O)c2ccccc2C#N)CC1=O. The van der Waals surface area contributed by atoms with Crippen LogP contribution >= 0.6 is 0 Å². The lowest BCUT2D eigenvalue weighted by Gasteiger charge is -2.12. The van der Waals surface area contributed by atoms with E-state index < -0.39 is 10.0 Å². The van der Waals surface area contributed by atoms with Gasteiger partial charge in [0.25, 0.3) is 0 Å². The summed E-state index contributed by atoms with van der Waals surface area (Å²) in [5.74, 6) is -0.0110. The summed E-state index contributed by atoms with van der Waals surface area (Å²) < 4.78 is 26.8. The van der Waals surface area contributed by atoms with E-state index in [0.29, 0.717) is 13.0 Å². The summed E-state index contributed by atoms with van der Waals surface area (Å²) >= 11 is 0. The van der Waals surface area contributed by atoms with Crippen molar-refractivity contribution in [2.45, 2.75) is 11.3 Å². The van der Waals surface area contributed by atoms with Gasteiger partial charge < -0.3 is 4.90 Å². The molecule has 1 aromatic rings. The molecule has 0 radical (unpaired) electrons. The van der Waals surface area contributed by atoms with Crippen LogP contribution in [0.3, 0.4) is 0 Å². The maximum Gasteiger partial charge on any atom is 0.241 e. The maximum atomic E-state index is 12.2. The molecule has 2 rings (SSSR count). The van der Waals surface area contributed by atoms with Crippen molar-refractivity contribution in [1.82, 2.24) is 9.62 Å². The second-order valence-corrected chi connectivity index (χ2v) is 6.54. The topological polar surface area (TPSA) is 90.3 Å². The molecule has 6 nitrogen and oxygen atoms in total. The molecule has 0 aromatic heterocycles. The smallest absolute Gasteiger partial charge is 0.241 e. The van der Waals surface area contributed by atoms with E-state index in [4.69, 9.17) is 5.26 Å². The number of nitriles is 1. The molecule has 106 valence electrons. The van der Waals surface area contributed by atoms with Gasteiger partial charge in [0.2, 0.25) is 15.9 Å². The molecule has 1 amide bonds. The van der Waals surface area contributed by atoms with Gasteiger partial charge in [-0.05, 0) is 18.1 Å². The summed E-state index contributed by atoms with van der Waals surface area (Å²) in [5, 5.41) is 8.94. The fourth-order valence-corrected chi connectivity index (χ4v) is 3.46. The number of benzene rings is 1. The van der Waals surface area contributed by atoms with Gasteiger partial charge in [0, 0.05) is 26.6 Å². The lowest BCUT2D eigenvalue weighted by Crippen LogP contribution is -2.31. The third kappa shape index (κ3) is 2.98. The Morgan fingerprint density at radius 1 is 1.45 bits per heavy atom. The number of hydrogen-bond acceptors (Lipinski definition) is 4. The van der Waals surface area contributed by atoms with Crippen molar-refractivity contribution in [3.63, 3.8) is 0 Å². The maximum absolute atomic E-state index is 12.2. The monoisotopic (exact) mass is 293 g/mol. The van der Waals surface area contributed by atoms with E-state index in [-0.39, 0.29) is 28.8 Å². The van der Waals surface area contributed by atoms with Gasteiger partial charge in [-0.25, -0.2) is 13.1 Å². The summed E-state index contributed by atoms with van der Waals surface area (Å²) in [6, 6.07) is 7.90. The van der Waals surface area contributed by atoms with E-state index in [9.17, 15) is 13.2 Å². The first kappa shape index (κ1) is 14.5. The van der Waals surface area contributed by atoms with E-state index >= 15 is 0 Å². The van der Waals surface area contributed by atoms with Gasteiger partial charge in [0.1, 0.15) is 6.07 Å². The minimum Gasteiger partial charge on any atom is -0.345 e. The van der Waals surface area contributed by atoms with E-state index in [1.807, 2.05) is 6.07 Å². The first-order valence-corrected chi connectivity index (χ1v) is 7.65. The number of nitrogens with zero attached hydrogens (tertiary/aromatic N) is 2. The Morgan fingerprint density at radius 2 is 2.15 bits per heavy atom. The zero-order valence-electron chi connectivity index (χ0n) is 11.0. The summed E-state index contributed by atoms with van der Waals surface area (Å²) in [6.45, 7) is 0.736. The molecular weight excluding hydrogens is 278 g/mol. The molecule has 0 spiro atoms. The fraction of sp³-hybridized carbons (Fsp3) is 0.385. The normalized spacial score (nSPS) is 19.1. The standard InChI is InChI=1S/C13H15N3O3S/c1-16-9-10(6-13(16)17)8-15-20(18,19)12-5-3-2-4-11(12)7-14/h2-5,10,15H,6,8-9H2,1H3. The van der Waals surface area contributed by atoms with Crippen LogP contribution in [0.15, 0.2) is 29.2 Å². The van der Waals surface area contributed by atoms with E-state index in [1.54, 1.807) is 24.1 Å². The van der Waals surface area contributed by atoms with Gasteiger partial charge in [0.15, 0.2) is 0 Å². The second-order valence-electron chi connectivity index (χ2n) is 4.80. The second kappa shape index (κ2) is 5.61. The van der Waals surface area contributed by atoms with E-state index in [0.717, 1.165) is 0 Å². The molecule has 1 unspecified atom stereocenters. The van der Waals surface area contributed by atoms with Gasteiger partial charge in [-0.3, -0.25) is 4.79 Å². The van der Waals surface area contributed by atoms with Gasteiger partial charge in [-0.15, -0.1) is 0 Å². The van der Waals surface area contributed by atoms with E-state index in [1.165, 1.54) is 12.1 Å². The third-order valence-corrected chi connectivity index (χ3v) is 4.76. The zero-order valence-corrected chi connectivity index (χ0v) is 11.9. The Balaban J connectivity index is 2.09. The number of amides is 1. The van der Waals surface area contributed by atoms with Crippen molar-refractivity contribution in [3.05, 3.63) is 29.8 Å². The number of rotatable bonds is 4. The van der Waals surface area contributed by atoms with Crippen LogP contribution in [0.1, 0.15) is 12.0 Å². The van der Waals surface area contributed by atoms with Crippen molar-refractivity contribution in [1.29, 1.82) is 5.26 Å². The molecule has 1 atom stereocenters. The minimum atomic E-state index is -3.73. The summed E-state index contributed by atoms with van der Waals surface area (Å²) in [5.41, 5.74) is 0.111. The Bertz CT molecular complexity index is 664. The number of likely N-dealkylation sites (tertiary alicyclic amines) is 1. The Hall–Kier alpha value is -1.91. The Labute approximate surface area is 118 Å². The molecule has 1 N–H and O–H groups in total. The first-order chi connectivity index (χ1) is 9.44. The van der Waals surface area contributed by atoms with Crippen molar-refractivity contribution in [3.8, 4) is 6.07 Å². The first-order valence-electron chi connectivity index (χ1n) is 6.17. The molecule has 20 heavy (non-hydrogen) atoms. The Morgan fingerprint density at radius 3 is 2.75 bits per heavy atom. The molecule has 1 aliphatic rings. The van der Waals surface area contributed by atoms with Crippen LogP contribution in [0.25, 0.3) is 0 Å². The summed E-state index contributed by atoms with van der Waals surface area (Å²) in [6.07, 6.45) is 0.346. The quantitative estimate of drug-likeness (QED) is 0.865. The highest BCUT2D eigenvalue weighted by Crippen LogP contribution is 2.17. The van der Waals surface area contributed by atoms with Crippen LogP contribution < -0.4 is 4.72 Å². The van der Waals surface area contributed by atoms with Crippen LogP contribution in [-0.2, 0) is 14.8 Å². The van der Waals surface area contributed by atoms with Crippen LogP contribution in [0.2, 0.25) is 0 Å². The third-order valence-electron chi connectivity index (χ3n) is 3.28. The largest absolute Gasteiger partial charge is 0.345 e. The molecule has 1 fully saturated rings. The van der Waals surface area contributed by atoms with Crippen molar-refractivity contribution in [2.75, 3.05) is 20.1 Å². The predicted molar refractivity (Wildman–Crippen MR) is 72.1 cm³/mol. The van der Waals surface area contributed by atoms with Gasteiger partial charge in [0.05, 0.1) is 10.5 Å². The number of carbonyl (C=O) groups is 1. The number of carbonyl (C=O) groups excluding carboxylic acids is 1. The molecular formula is C13H15N3O3S. The minimum absolute atomic E-state index is 0.0200. The van der Waals surface area contributed by atoms with Gasteiger partial charge >= 0.3 is 0 Å². The highest BCUT2D eigenvalue weighted by Gasteiger charge is 2.28. The van der Waals surface area contributed by atoms with Crippen LogP contribution in [-0.4, -0.2) is 39.4 Å². The number of hydrogen-bond donors (Lipinski definition) is 1. The van der Waals surface area contributed by atoms with Crippen molar-refractivity contribution >= 4 is 15.9 Å². The molecule has 1 aromatic carbocycles. The van der Waals surface area contributed by atoms with Crippen molar-refractivity contribution < 1.29 is 13.2 Å². The highest BCUT2D eigenvalue weighted by atomic mass is 32.2. The molecule has 0 saturated carbocycles. The predicted octanol–water partition coefficient (Wildman–Crippen LogP) is 0.315. The van der Waals surface area contributed by atoms with Crippen LogP contribution in [0.4, 0.5) is 0 Å². The summed E-state index contributed by atoms with van der Waals surface area (Å²) in [7, 11) is -2.03. The van der Waals surface area contributed by atoms with Crippen LogP contribution in [0.5, 0.6) is 0 Å². The van der Waals surface area contributed by atoms with Gasteiger partial charge in [-0.2, -0.15) is 5.26 Å². The Kier molecular flexibility index (Phi) is 4.06. The molecule has 0 bridgehead atoms. The van der Waals surface area contributed by atoms with Crippen LogP contribution in [0, 0.1) is 17.2 Å². The lowest BCUT2D eigenvalue weighted by molar-refractivity contribution is -0.126. The highest BCUT2D eigenvalue weighted by molar-refractivity contribution is 7.89. The molecule has 0 aliphatic carbocycles. The van der Waals surface area contributed by atoms with E-state index in [2.05, 4.69) is 4.72 Å². The lowest BCUT2D eigenvalue weighted by atomic mass is 10.1. The molecule has 1 aliphatic heterocycles.